The van der Waals surface area contributed by atoms with Gasteiger partial charge in [-0.15, -0.1) is 0 Å². The van der Waals surface area contributed by atoms with Gasteiger partial charge in [0.2, 0.25) is 0 Å². The molecular weight excluding hydrogens is 263 g/mol. The number of morpholine rings is 1. The van der Waals surface area contributed by atoms with Crippen LogP contribution in [0.5, 0.6) is 0 Å². The van der Waals surface area contributed by atoms with Gasteiger partial charge in [-0.05, 0) is 6.92 Å². The number of hydrogen-bond donors (Lipinski definition) is 1. The molecule has 0 aromatic heterocycles. The third kappa shape index (κ3) is 2.89. The van der Waals surface area contributed by atoms with E-state index in [0.29, 0.717) is 4.90 Å². The first kappa shape index (κ1) is 15.1. The SMILES string of the molecule is CC(N)C1CN(C(=O)C(F)(F)C(F)(F)F)CCO1. The van der Waals surface area contributed by atoms with Gasteiger partial charge in [-0.3, -0.25) is 4.79 Å². The smallest absolute Gasteiger partial charge is 0.373 e. The highest BCUT2D eigenvalue weighted by molar-refractivity contribution is 5.84. The van der Waals surface area contributed by atoms with Crippen LogP contribution in [0.2, 0.25) is 0 Å². The van der Waals surface area contributed by atoms with Gasteiger partial charge >= 0.3 is 18.0 Å². The number of nitrogens with zero attached hydrogens (tertiary/aromatic N) is 1. The van der Waals surface area contributed by atoms with Gasteiger partial charge in [0.1, 0.15) is 0 Å². The number of carbonyl (C=O) groups is 1. The Labute approximate surface area is 99.9 Å². The van der Waals surface area contributed by atoms with Crippen LogP contribution < -0.4 is 5.73 Å². The average Bonchev–Trinajstić information content (AvgIpc) is 2.26. The predicted octanol–water partition coefficient (Wildman–Crippen LogP) is 0.759. The minimum absolute atomic E-state index is 0.119. The van der Waals surface area contributed by atoms with E-state index in [1.807, 2.05) is 0 Å². The van der Waals surface area contributed by atoms with E-state index in [4.69, 9.17) is 10.5 Å². The Morgan fingerprint density at radius 2 is 1.94 bits per heavy atom. The van der Waals surface area contributed by atoms with Gasteiger partial charge in [0.15, 0.2) is 0 Å². The van der Waals surface area contributed by atoms with Crippen molar-refractivity contribution < 1.29 is 31.5 Å². The Balaban J connectivity index is 2.78. The summed E-state index contributed by atoms with van der Waals surface area (Å²) < 4.78 is 66.9. The van der Waals surface area contributed by atoms with Crippen LogP contribution in [0.4, 0.5) is 22.0 Å². The van der Waals surface area contributed by atoms with Crippen molar-refractivity contribution in [2.24, 2.45) is 5.73 Å². The van der Waals surface area contributed by atoms with E-state index in [1.54, 1.807) is 0 Å². The molecule has 1 saturated heterocycles. The van der Waals surface area contributed by atoms with Crippen molar-refractivity contribution >= 4 is 5.91 Å². The monoisotopic (exact) mass is 276 g/mol. The Morgan fingerprint density at radius 3 is 2.39 bits per heavy atom. The number of halogens is 5. The molecule has 2 atom stereocenters. The van der Waals surface area contributed by atoms with Crippen molar-refractivity contribution in [3.05, 3.63) is 0 Å². The molecule has 18 heavy (non-hydrogen) atoms. The quantitative estimate of drug-likeness (QED) is 0.758. The zero-order valence-corrected chi connectivity index (χ0v) is 9.51. The van der Waals surface area contributed by atoms with E-state index < -0.39 is 30.2 Å². The summed E-state index contributed by atoms with van der Waals surface area (Å²) in [5, 5.41) is 0. The number of hydrogen-bond acceptors (Lipinski definition) is 3. The molecule has 9 heteroatoms. The molecule has 1 heterocycles. The lowest BCUT2D eigenvalue weighted by atomic mass is 10.1. The molecule has 1 rings (SSSR count). The molecule has 1 amide bonds. The predicted molar refractivity (Wildman–Crippen MR) is 51.0 cm³/mol. The Kier molecular flexibility index (Phi) is 4.16. The molecule has 0 aromatic carbocycles. The van der Waals surface area contributed by atoms with E-state index in [0.717, 1.165) is 0 Å². The Morgan fingerprint density at radius 1 is 1.39 bits per heavy atom. The van der Waals surface area contributed by atoms with Gasteiger partial charge < -0.3 is 15.4 Å². The minimum Gasteiger partial charge on any atom is -0.373 e. The van der Waals surface area contributed by atoms with Crippen molar-refractivity contribution in [1.29, 1.82) is 0 Å². The van der Waals surface area contributed by atoms with Crippen LogP contribution >= 0.6 is 0 Å². The first-order chi connectivity index (χ1) is 8.07. The van der Waals surface area contributed by atoms with Crippen molar-refractivity contribution in [3.8, 4) is 0 Å². The first-order valence-electron chi connectivity index (χ1n) is 5.18. The van der Waals surface area contributed by atoms with Gasteiger partial charge in [0.25, 0.3) is 0 Å². The first-order valence-corrected chi connectivity index (χ1v) is 5.18. The van der Waals surface area contributed by atoms with Gasteiger partial charge in [-0.2, -0.15) is 22.0 Å². The molecule has 0 aromatic rings. The second-order valence-electron chi connectivity index (χ2n) is 4.09. The van der Waals surface area contributed by atoms with Crippen LogP contribution in [0.1, 0.15) is 6.92 Å². The van der Waals surface area contributed by atoms with Gasteiger partial charge in [0.05, 0.1) is 12.7 Å². The fourth-order valence-electron chi connectivity index (χ4n) is 1.50. The minimum atomic E-state index is -5.90. The number of alkyl halides is 5. The molecule has 2 unspecified atom stereocenters. The molecule has 1 aliphatic heterocycles. The standard InChI is InChI=1S/C9H13F5N2O2/c1-5(15)6-4-16(2-3-18-6)7(17)8(10,11)9(12,13)14/h5-6H,2-4,15H2,1H3. The summed E-state index contributed by atoms with van der Waals surface area (Å²) in [5.74, 6) is -7.64. The third-order valence-electron chi connectivity index (χ3n) is 2.59. The second-order valence-corrected chi connectivity index (χ2v) is 4.09. The zero-order valence-electron chi connectivity index (χ0n) is 9.51. The van der Waals surface area contributed by atoms with E-state index in [-0.39, 0.29) is 19.7 Å². The molecule has 0 saturated carbocycles. The molecule has 2 N–H and O–H groups in total. The van der Waals surface area contributed by atoms with E-state index in [1.165, 1.54) is 6.92 Å². The van der Waals surface area contributed by atoms with Crippen LogP contribution in [-0.2, 0) is 9.53 Å². The van der Waals surface area contributed by atoms with Crippen molar-refractivity contribution in [2.45, 2.75) is 31.2 Å². The highest BCUT2D eigenvalue weighted by Gasteiger charge is 2.64. The van der Waals surface area contributed by atoms with Gasteiger partial charge in [-0.1, -0.05) is 0 Å². The van der Waals surface area contributed by atoms with E-state index in [2.05, 4.69) is 0 Å². The zero-order chi connectivity index (χ0) is 14.1. The molecule has 106 valence electrons. The molecule has 4 nitrogen and oxygen atoms in total. The summed E-state index contributed by atoms with van der Waals surface area (Å²) in [5.41, 5.74) is 5.45. The summed E-state index contributed by atoms with van der Waals surface area (Å²) in [7, 11) is 0. The number of nitrogens with two attached hydrogens (primary N) is 1. The molecule has 0 radical (unpaired) electrons. The topological polar surface area (TPSA) is 55.6 Å². The average molecular weight is 276 g/mol. The lowest BCUT2D eigenvalue weighted by Crippen LogP contribution is -2.58. The summed E-state index contributed by atoms with van der Waals surface area (Å²) in [4.78, 5) is 11.6. The molecule has 1 fully saturated rings. The fraction of sp³-hybridized carbons (Fsp3) is 0.889. The summed E-state index contributed by atoms with van der Waals surface area (Å²) in [6.45, 7) is 0.711. The number of rotatable bonds is 2. The largest absolute Gasteiger partial charge is 0.463 e. The van der Waals surface area contributed by atoms with E-state index >= 15 is 0 Å². The number of amides is 1. The summed E-state index contributed by atoms with van der Waals surface area (Å²) in [6.07, 6.45) is -6.64. The lowest BCUT2D eigenvalue weighted by molar-refractivity contribution is -0.275. The molecule has 0 bridgehead atoms. The van der Waals surface area contributed by atoms with Crippen LogP contribution in [-0.4, -0.2) is 54.7 Å². The van der Waals surface area contributed by atoms with E-state index in [9.17, 15) is 26.7 Å². The third-order valence-corrected chi connectivity index (χ3v) is 2.59. The van der Waals surface area contributed by atoms with Crippen LogP contribution in [0.3, 0.4) is 0 Å². The molecule has 0 aliphatic carbocycles. The highest BCUT2D eigenvalue weighted by Crippen LogP contribution is 2.37. The van der Waals surface area contributed by atoms with Crippen LogP contribution in [0, 0.1) is 0 Å². The maximum Gasteiger partial charge on any atom is 0.463 e. The van der Waals surface area contributed by atoms with Crippen molar-refractivity contribution in [2.75, 3.05) is 19.7 Å². The maximum absolute atomic E-state index is 12.8. The number of carbonyl (C=O) groups excluding carboxylic acids is 1. The molecule has 1 aliphatic rings. The molecular formula is C9H13F5N2O2. The molecule has 0 spiro atoms. The van der Waals surface area contributed by atoms with Gasteiger partial charge in [0, 0.05) is 19.1 Å². The maximum atomic E-state index is 12.8. The summed E-state index contributed by atoms with van der Waals surface area (Å²) >= 11 is 0. The highest BCUT2D eigenvalue weighted by atomic mass is 19.4. The Bertz CT molecular complexity index is 319. The lowest BCUT2D eigenvalue weighted by Gasteiger charge is -2.36. The fourth-order valence-corrected chi connectivity index (χ4v) is 1.50. The van der Waals surface area contributed by atoms with Gasteiger partial charge in [-0.25, -0.2) is 0 Å². The van der Waals surface area contributed by atoms with Crippen LogP contribution in [0.25, 0.3) is 0 Å². The van der Waals surface area contributed by atoms with Crippen LogP contribution in [0.15, 0.2) is 0 Å². The van der Waals surface area contributed by atoms with Crippen molar-refractivity contribution in [3.63, 3.8) is 0 Å². The number of ether oxygens (including phenoxy) is 1. The normalized spacial score (nSPS) is 23.9. The van der Waals surface area contributed by atoms with Crippen molar-refractivity contribution in [1.82, 2.24) is 4.90 Å². The summed E-state index contributed by atoms with van der Waals surface area (Å²) in [6, 6.07) is -0.569. The Hall–Kier alpha value is -0.960. The second kappa shape index (κ2) is 4.96.